The van der Waals surface area contributed by atoms with E-state index in [0.717, 1.165) is 16.0 Å². The summed E-state index contributed by atoms with van der Waals surface area (Å²) >= 11 is 1.16. The van der Waals surface area contributed by atoms with Gasteiger partial charge in [-0.1, -0.05) is 6.07 Å². The first kappa shape index (κ1) is 9.79. The largest absolute Gasteiger partial charge is 0.496 e. The maximum Gasteiger partial charge on any atom is 0.348 e. The molecule has 0 fully saturated rings. The van der Waals surface area contributed by atoms with Gasteiger partial charge in [-0.2, -0.15) is 0 Å². The lowest BCUT2D eigenvalue weighted by Gasteiger charge is -2.01. The summed E-state index contributed by atoms with van der Waals surface area (Å²) in [6, 6.07) is 5.39. The van der Waals surface area contributed by atoms with E-state index in [1.165, 1.54) is 7.11 Å². The van der Waals surface area contributed by atoms with E-state index in [4.69, 9.17) is 15.6 Å². The molecular weight excluding hydrogens is 214 g/mol. The lowest BCUT2D eigenvalue weighted by Crippen LogP contribution is -1.97. The van der Waals surface area contributed by atoms with E-state index < -0.39 is 5.97 Å². The zero-order chi connectivity index (χ0) is 11.0. The Kier molecular flexibility index (Phi) is 2.24. The number of thiophene rings is 1. The van der Waals surface area contributed by atoms with Crippen molar-refractivity contribution in [3.05, 3.63) is 23.1 Å². The SMILES string of the molecule is COc1cccc2sc(C(=O)O)c(N)c12. The van der Waals surface area contributed by atoms with E-state index in [9.17, 15) is 4.79 Å². The number of anilines is 1. The van der Waals surface area contributed by atoms with Crippen LogP contribution in [0.25, 0.3) is 10.1 Å². The average molecular weight is 223 g/mol. The summed E-state index contributed by atoms with van der Waals surface area (Å²) in [5.74, 6) is -0.399. The van der Waals surface area contributed by atoms with Crippen molar-refractivity contribution in [3.8, 4) is 5.75 Å². The highest BCUT2D eigenvalue weighted by molar-refractivity contribution is 7.21. The number of hydrogen-bond acceptors (Lipinski definition) is 4. The second kappa shape index (κ2) is 3.43. The van der Waals surface area contributed by atoms with E-state index in [1.807, 2.05) is 12.1 Å². The first-order chi connectivity index (χ1) is 7.15. The molecule has 0 aliphatic carbocycles. The van der Waals surface area contributed by atoms with Crippen molar-refractivity contribution < 1.29 is 14.6 Å². The summed E-state index contributed by atoms with van der Waals surface area (Å²) in [7, 11) is 1.53. The van der Waals surface area contributed by atoms with E-state index in [2.05, 4.69) is 0 Å². The number of nitrogens with two attached hydrogens (primary N) is 1. The van der Waals surface area contributed by atoms with Crippen LogP contribution in [0, 0.1) is 0 Å². The minimum atomic E-state index is -1.00. The topological polar surface area (TPSA) is 72.5 Å². The molecule has 0 atom stereocenters. The van der Waals surface area contributed by atoms with E-state index in [0.29, 0.717) is 11.1 Å². The number of fused-ring (bicyclic) bond motifs is 1. The summed E-state index contributed by atoms with van der Waals surface area (Å²) in [6.07, 6.45) is 0. The molecule has 15 heavy (non-hydrogen) atoms. The van der Waals surface area contributed by atoms with Gasteiger partial charge in [0.2, 0.25) is 0 Å². The normalized spacial score (nSPS) is 10.5. The number of carboxylic acid groups (broad SMARTS) is 1. The van der Waals surface area contributed by atoms with Crippen LogP contribution in [0.5, 0.6) is 5.75 Å². The maximum atomic E-state index is 10.9. The molecular formula is C10H9NO3S. The lowest BCUT2D eigenvalue weighted by molar-refractivity contribution is 0.0703. The van der Waals surface area contributed by atoms with Crippen molar-refractivity contribution >= 4 is 33.1 Å². The predicted molar refractivity (Wildman–Crippen MR) is 59.7 cm³/mol. The van der Waals surface area contributed by atoms with Gasteiger partial charge in [0.25, 0.3) is 0 Å². The van der Waals surface area contributed by atoms with E-state index >= 15 is 0 Å². The van der Waals surface area contributed by atoms with Gasteiger partial charge in [0, 0.05) is 4.70 Å². The Balaban J connectivity index is 2.82. The Hall–Kier alpha value is -1.75. The van der Waals surface area contributed by atoms with Crippen LogP contribution in [-0.2, 0) is 0 Å². The third kappa shape index (κ3) is 1.41. The minimum absolute atomic E-state index is 0.162. The van der Waals surface area contributed by atoms with Gasteiger partial charge < -0.3 is 15.6 Å². The number of methoxy groups -OCH3 is 1. The van der Waals surface area contributed by atoms with Crippen LogP contribution in [0.4, 0.5) is 5.69 Å². The summed E-state index contributed by atoms with van der Waals surface area (Å²) in [5, 5.41) is 9.60. The highest BCUT2D eigenvalue weighted by Crippen LogP contribution is 2.39. The van der Waals surface area contributed by atoms with Crippen molar-refractivity contribution in [1.82, 2.24) is 0 Å². The van der Waals surface area contributed by atoms with Crippen molar-refractivity contribution in [2.75, 3.05) is 12.8 Å². The van der Waals surface area contributed by atoms with Gasteiger partial charge in [0.15, 0.2) is 0 Å². The first-order valence-corrected chi connectivity index (χ1v) is 5.05. The van der Waals surface area contributed by atoms with Gasteiger partial charge in [0.1, 0.15) is 10.6 Å². The average Bonchev–Trinajstić information content (AvgIpc) is 2.56. The minimum Gasteiger partial charge on any atom is -0.496 e. The monoisotopic (exact) mass is 223 g/mol. The van der Waals surface area contributed by atoms with Crippen LogP contribution in [-0.4, -0.2) is 18.2 Å². The number of rotatable bonds is 2. The second-order valence-corrected chi connectivity index (χ2v) is 4.04. The van der Waals surface area contributed by atoms with Crippen LogP contribution in [0.15, 0.2) is 18.2 Å². The molecule has 1 aromatic heterocycles. The maximum absolute atomic E-state index is 10.9. The second-order valence-electron chi connectivity index (χ2n) is 2.98. The zero-order valence-electron chi connectivity index (χ0n) is 7.98. The molecule has 4 nitrogen and oxygen atoms in total. The van der Waals surface area contributed by atoms with Crippen molar-refractivity contribution in [3.63, 3.8) is 0 Å². The fraction of sp³-hybridized carbons (Fsp3) is 0.100. The molecule has 0 saturated heterocycles. The van der Waals surface area contributed by atoms with Gasteiger partial charge >= 0.3 is 5.97 Å². The van der Waals surface area contributed by atoms with Crippen LogP contribution < -0.4 is 10.5 Å². The van der Waals surface area contributed by atoms with Gasteiger partial charge in [-0.15, -0.1) is 11.3 Å². The fourth-order valence-corrected chi connectivity index (χ4v) is 2.45. The number of carbonyl (C=O) groups is 1. The number of ether oxygens (including phenoxy) is 1. The van der Waals surface area contributed by atoms with Crippen molar-refractivity contribution in [2.24, 2.45) is 0 Å². The van der Waals surface area contributed by atoms with Crippen molar-refractivity contribution in [1.29, 1.82) is 0 Å². The van der Waals surface area contributed by atoms with Gasteiger partial charge in [0.05, 0.1) is 18.2 Å². The summed E-state index contributed by atoms with van der Waals surface area (Å²) < 4.78 is 5.96. The third-order valence-corrected chi connectivity index (χ3v) is 3.29. The van der Waals surface area contributed by atoms with Crippen molar-refractivity contribution in [2.45, 2.75) is 0 Å². The predicted octanol–water partition coefficient (Wildman–Crippen LogP) is 2.19. The molecule has 0 bridgehead atoms. The smallest absolute Gasteiger partial charge is 0.348 e. The molecule has 2 rings (SSSR count). The third-order valence-electron chi connectivity index (χ3n) is 2.13. The van der Waals surface area contributed by atoms with Gasteiger partial charge in [-0.3, -0.25) is 0 Å². The number of carboxylic acids is 1. The molecule has 78 valence electrons. The van der Waals surface area contributed by atoms with Crippen LogP contribution in [0.2, 0.25) is 0 Å². The molecule has 1 aromatic carbocycles. The quantitative estimate of drug-likeness (QED) is 0.818. The standard InChI is InChI=1S/C10H9NO3S/c1-14-5-3-2-4-6-7(5)8(11)9(15-6)10(12)13/h2-4H,11H2,1H3,(H,12,13). The molecule has 0 aliphatic heterocycles. The van der Waals surface area contributed by atoms with Crippen LogP contribution >= 0.6 is 11.3 Å². The molecule has 1 heterocycles. The number of hydrogen-bond donors (Lipinski definition) is 2. The highest BCUT2D eigenvalue weighted by Gasteiger charge is 2.17. The molecule has 0 saturated carbocycles. The zero-order valence-corrected chi connectivity index (χ0v) is 8.80. The van der Waals surface area contributed by atoms with Crippen LogP contribution in [0.3, 0.4) is 0 Å². The summed E-state index contributed by atoms with van der Waals surface area (Å²) in [6.45, 7) is 0. The Bertz CT molecular complexity index is 533. The Morgan fingerprint density at radius 2 is 2.27 bits per heavy atom. The molecule has 3 N–H and O–H groups in total. The summed E-state index contributed by atoms with van der Waals surface area (Å²) in [5.41, 5.74) is 6.04. The van der Waals surface area contributed by atoms with E-state index in [1.54, 1.807) is 6.07 Å². The molecule has 0 unspecified atom stereocenters. The Morgan fingerprint density at radius 1 is 1.53 bits per heavy atom. The Labute approximate surface area is 89.9 Å². The number of benzene rings is 1. The number of aromatic carboxylic acids is 1. The molecule has 0 aliphatic rings. The van der Waals surface area contributed by atoms with Crippen LogP contribution in [0.1, 0.15) is 9.67 Å². The Morgan fingerprint density at radius 3 is 2.87 bits per heavy atom. The van der Waals surface area contributed by atoms with Gasteiger partial charge in [-0.25, -0.2) is 4.79 Å². The first-order valence-electron chi connectivity index (χ1n) is 4.23. The molecule has 2 aromatic rings. The van der Waals surface area contributed by atoms with E-state index in [-0.39, 0.29) is 10.6 Å². The molecule has 0 spiro atoms. The number of nitrogen functional groups attached to an aromatic ring is 1. The van der Waals surface area contributed by atoms with Gasteiger partial charge in [-0.05, 0) is 12.1 Å². The molecule has 0 radical (unpaired) electrons. The highest BCUT2D eigenvalue weighted by atomic mass is 32.1. The summed E-state index contributed by atoms with van der Waals surface area (Å²) in [4.78, 5) is 11.0. The fourth-order valence-electron chi connectivity index (χ4n) is 1.47. The lowest BCUT2D eigenvalue weighted by atomic mass is 10.2. The molecule has 0 amide bonds. The molecule has 5 heteroatoms.